The average Bonchev–Trinajstić information content (AvgIpc) is 3.19. The molecule has 1 fully saturated rings. The Kier molecular flexibility index (Phi) is 4.09. The molecule has 1 aliphatic heterocycles. The molecule has 132 valence electrons. The van der Waals surface area contributed by atoms with Crippen molar-refractivity contribution in [2.75, 3.05) is 13.1 Å². The van der Waals surface area contributed by atoms with Crippen LogP contribution in [0.1, 0.15) is 34.9 Å². The summed E-state index contributed by atoms with van der Waals surface area (Å²) in [5.74, 6) is 0.275. The van der Waals surface area contributed by atoms with Gasteiger partial charge in [-0.15, -0.1) is 10.2 Å². The molecule has 1 aromatic carbocycles. The Morgan fingerprint density at radius 2 is 1.96 bits per heavy atom. The largest absolute Gasteiger partial charge is 0.243 e. The quantitative estimate of drug-likeness (QED) is 0.700. The van der Waals surface area contributed by atoms with E-state index in [0.29, 0.717) is 18.0 Å². The van der Waals surface area contributed by atoms with Crippen LogP contribution in [0, 0.1) is 13.8 Å². The molecular weight excluding hydrogens is 358 g/mol. The average molecular weight is 377 g/mol. The molecule has 4 rings (SSSR count). The van der Waals surface area contributed by atoms with Crippen molar-refractivity contribution >= 4 is 26.3 Å². The zero-order valence-electron chi connectivity index (χ0n) is 14.1. The van der Waals surface area contributed by atoms with Gasteiger partial charge in [-0.25, -0.2) is 8.42 Å². The lowest BCUT2D eigenvalue weighted by atomic mass is 9.99. The minimum atomic E-state index is -3.45. The topological polar surface area (TPSA) is 80.5 Å². The Morgan fingerprint density at radius 3 is 2.68 bits per heavy atom. The Hall–Kier alpha value is -1.84. The summed E-state index contributed by atoms with van der Waals surface area (Å²) in [5, 5.41) is 13.3. The van der Waals surface area contributed by atoms with Gasteiger partial charge in [-0.05, 0) is 43.9 Å². The lowest BCUT2D eigenvalue weighted by Gasteiger charge is -2.30. The molecule has 0 saturated carbocycles. The van der Waals surface area contributed by atoms with Gasteiger partial charge in [0.05, 0.1) is 4.90 Å². The number of nitrogens with zero attached hydrogens (tertiary/aromatic N) is 5. The molecule has 3 aromatic rings. The van der Waals surface area contributed by atoms with Crippen LogP contribution in [0.5, 0.6) is 0 Å². The predicted octanol–water partition coefficient (Wildman–Crippen LogP) is 2.37. The van der Waals surface area contributed by atoms with E-state index in [0.717, 1.165) is 33.9 Å². The smallest absolute Gasteiger partial charge is 0.207 e. The van der Waals surface area contributed by atoms with E-state index in [2.05, 4.69) is 15.3 Å². The molecule has 0 N–H and O–H groups in total. The molecule has 0 unspecified atom stereocenters. The maximum absolute atomic E-state index is 13.0. The highest BCUT2D eigenvalue weighted by atomic mass is 32.2. The molecule has 0 bridgehead atoms. The van der Waals surface area contributed by atoms with Crippen molar-refractivity contribution in [2.45, 2.75) is 37.5 Å². The second-order valence-electron chi connectivity index (χ2n) is 6.45. The molecule has 0 radical (unpaired) electrons. The third kappa shape index (κ3) is 2.96. The Morgan fingerprint density at radius 1 is 1.20 bits per heavy atom. The zero-order chi connectivity index (χ0) is 17.6. The molecular formula is C16H19N5O2S2. The number of aryl methyl sites for hydroxylation is 2. The number of aromatic nitrogens is 4. The first-order valence-corrected chi connectivity index (χ1v) is 10.4. The Balaban J connectivity index is 1.52. The van der Waals surface area contributed by atoms with Crippen LogP contribution in [0.25, 0.3) is 4.96 Å². The highest BCUT2D eigenvalue weighted by molar-refractivity contribution is 7.89. The standard InChI is InChI=1S/C16H19N5O2S2/c1-11-3-4-12(2)14(9-11)25(22,23)20-7-5-13(6-8-20)15-19-21-10-17-18-16(21)24-15/h3-4,9-10,13H,5-8H2,1-2H3. The maximum Gasteiger partial charge on any atom is 0.243 e. The van der Waals surface area contributed by atoms with Gasteiger partial charge in [0.2, 0.25) is 15.0 Å². The number of sulfonamides is 1. The summed E-state index contributed by atoms with van der Waals surface area (Å²) in [5.41, 5.74) is 1.75. The van der Waals surface area contributed by atoms with Crippen LogP contribution in [0.3, 0.4) is 0 Å². The van der Waals surface area contributed by atoms with E-state index in [1.54, 1.807) is 21.2 Å². The van der Waals surface area contributed by atoms with E-state index in [1.807, 2.05) is 26.0 Å². The van der Waals surface area contributed by atoms with Crippen molar-refractivity contribution in [1.29, 1.82) is 0 Å². The molecule has 25 heavy (non-hydrogen) atoms. The molecule has 0 atom stereocenters. The van der Waals surface area contributed by atoms with Crippen LogP contribution in [-0.4, -0.2) is 45.6 Å². The summed E-state index contributed by atoms with van der Waals surface area (Å²) >= 11 is 1.53. The van der Waals surface area contributed by atoms with Crippen LogP contribution in [0.2, 0.25) is 0 Å². The molecule has 7 nitrogen and oxygen atoms in total. The summed E-state index contributed by atoms with van der Waals surface area (Å²) in [6, 6.07) is 5.57. The zero-order valence-corrected chi connectivity index (χ0v) is 15.7. The van der Waals surface area contributed by atoms with Crippen molar-refractivity contribution in [3.63, 3.8) is 0 Å². The minimum absolute atomic E-state index is 0.275. The lowest BCUT2D eigenvalue weighted by Crippen LogP contribution is -2.38. The van der Waals surface area contributed by atoms with Crippen LogP contribution in [-0.2, 0) is 10.0 Å². The van der Waals surface area contributed by atoms with Crippen LogP contribution >= 0.6 is 11.3 Å². The minimum Gasteiger partial charge on any atom is -0.207 e. The van der Waals surface area contributed by atoms with E-state index in [-0.39, 0.29) is 5.92 Å². The van der Waals surface area contributed by atoms with Gasteiger partial charge < -0.3 is 0 Å². The molecule has 1 aliphatic rings. The van der Waals surface area contributed by atoms with E-state index < -0.39 is 10.0 Å². The van der Waals surface area contributed by atoms with Gasteiger partial charge >= 0.3 is 0 Å². The maximum atomic E-state index is 13.0. The normalized spacial score (nSPS) is 17.4. The number of benzene rings is 1. The third-order valence-corrected chi connectivity index (χ3v) is 7.78. The monoisotopic (exact) mass is 377 g/mol. The van der Waals surface area contributed by atoms with Crippen molar-refractivity contribution in [3.8, 4) is 0 Å². The van der Waals surface area contributed by atoms with Gasteiger partial charge in [-0.3, -0.25) is 0 Å². The summed E-state index contributed by atoms with van der Waals surface area (Å²) in [6.45, 7) is 4.79. The molecule has 1 saturated heterocycles. The van der Waals surface area contributed by atoms with Gasteiger partial charge in [0.25, 0.3) is 0 Å². The molecule has 2 aromatic heterocycles. The van der Waals surface area contributed by atoms with Crippen LogP contribution < -0.4 is 0 Å². The molecule has 0 amide bonds. The highest BCUT2D eigenvalue weighted by Gasteiger charge is 2.32. The fourth-order valence-corrected chi connectivity index (χ4v) is 5.97. The number of fused-ring (bicyclic) bond motifs is 1. The molecule has 3 heterocycles. The van der Waals surface area contributed by atoms with Crippen LogP contribution in [0.4, 0.5) is 0 Å². The molecule has 9 heteroatoms. The third-order valence-electron chi connectivity index (χ3n) is 4.67. The van der Waals surface area contributed by atoms with Crippen molar-refractivity contribution < 1.29 is 8.42 Å². The lowest BCUT2D eigenvalue weighted by molar-refractivity contribution is 0.318. The number of piperidine rings is 1. The van der Waals surface area contributed by atoms with E-state index in [9.17, 15) is 8.42 Å². The van der Waals surface area contributed by atoms with Crippen molar-refractivity contribution in [3.05, 3.63) is 40.7 Å². The van der Waals surface area contributed by atoms with Gasteiger partial charge in [-0.2, -0.15) is 13.9 Å². The summed E-state index contributed by atoms with van der Waals surface area (Å²) in [7, 11) is -3.45. The second-order valence-corrected chi connectivity index (χ2v) is 9.34. The number of rotatable bonds is 3. The van der Waals surface area contributed by atoms with Crippen molar-refractivity contribution in [1.82, 2.24) is 24.1 Å². The van der Waals surface area contributed by atoms with E-state index in [1.165, 1.54) is 11.3 Å². The number of hydrogen-bond acceptors (Lipinski definition) is 6. The second kappa shape index (κ2) is 6.15. The Labute approximate surface area is 150 Å². The molecule has 0 spiro atoms. The summed E-state index contributed by atoms with van der Waals surface area (Å²) < 4.78 is 29.3. The molecule has 0 aliphatic carbocycles. The first-order chi connectivity index (χ1) is 11.9. The summed E-state index contributed by atoms with van der Waals surface area (Å²) in [6.07, 6.45) is 3.14. The summed E-state index contributed by atoms with van der Waals surface area (Å²) in [4.78, 5) is 1.20. The highest BCUT2D eigenvalue weighted by Crippen LogP contribution is 2.33. The van der Waals surface area contributed by atoms with Gasteiger partial charge in [0.15, 0.2) is 0 Å². The van der Waals surface area contributed by atoms with E-state index >= 15 is 0 Å². The fraction of sp³-hybridized carbons (Fsp3) is 0.438. The van der Waals surface area contributed by atoms with E-state index in [4.69, 9.17) is 0 Å². The van der Waals surface area contributed by atoms with Crippen LogP contribution in [0.15, 0.2) is 29.4 Å². The van der Waals surface area contributed by atoms with Gasteiger partial charge in [0.1, 0.15) is 11.3 Å². The van der Waals surface area contributed by atoms with Crippen molar-refractivity contribution in [2.24, 2.45) is 0 Å². The number of hydrogen-bond donors (Lipinski definition) is 0. The SMILES string of the molecule is Cc1ccc(C)c(S(=O)(=O)N2CCC(c3nn4cnnc4s3)CC2)c1. The first-order valence-electron chi connectivity index (χ1n) is 8.19. The van der Waals surface area contributed by atoms with Gasteiger partial charge in [-0.1, -0.05) is 23.5 Å². The predicted molar refractivity (Wildman–Crippen MR) is 95.3 cm³/mol. The Bertz CT molecular complexity index is 988. The van der Waals surface area contributed by atoms with Gasteiger partial charge in [0, 0.05) is 19.0 Å². The fourth-order valence-electron chi connectivity index (χ4n) is 3.21. The first kappa shape index (κ1) is 16.6.